The van der Waals surface area contributed by atoms with Crippen LogP contribution in [0, 0.1) is 6.92 Å². The highest BCUT2D eigenvalue weighted by Crippen LogP contribution is 2.15. The molecule has 1 nitrogen and oxygen atoms in total. The molecule has 1 aromatic carbocycles. The maximum Gasteiger partial charge on any atom is 0.134 e. The Balaban J connectivity index is 3.07. The average Bonchev–Trinajstić information content (AvgIpc) is 2.08. The SMILES string of the molecule is CCc1cccc(C)c1CC(C)=O. The van der Waals surface area contributed by atoms with Gasteiger partial charge in [0.1, 0.15) is 5.78 Å². The van der Waals surface area contributed by atoms with Gasteiger partial charge in [-0.2, -0.15) is 0 Å². The van der Waals surface area contributed by atoms with E-state index in [-0.39, 0.29) is 5.78 Å². The molecule has 0 aliphatic carbocycles. The second kappa shape index (κ2) is 4.22. The Morgan fingerprint density at radius 2 is 2.08 bits per heavy atom. The van der Waals surface area contributed by atoms with Crippen LogP contribution in [-0.2, 0) is 17.6 Å². The molecule has 1 rings (SSSR count). The normalized spacial score (nSPS) is 10.1. The molecule has 0 aliphatic rings. The van der Waals surface area contributed by atoms with E-state index in [4.69, 9.17) is 0 Å². The van der Waals surface area contributed by atoms with Gasteiger partial charge in [0, 0.05) is 6.42 Å². The van der Waals surface area contributed by atoms with Crippen molar-refractivity contribution in [3.8, 4) is 0 Å². The van der Waals surface area contributed by atoms with Crippen LogP contribution >= 0.6 is 0 Å². The van der Waals surface area contributed by atoms with E-state index in [1.54, 1.807) is 6.92 Å². The standard InChI is InChI=1S/C12H16O/c1-4-11-7-5-6-9(2)12(11)8-10(3)13/h5-7H,4,8H2,1-3H3. The van der Waals surface area contributed by atoms with Crippen molar-refractivity contribution in [3.63, 3.8) is 0 Å². The zero-order chi connectivity index (χ0) is 9.84. The van der Waals surface area contributed by atoms with Crippen LogP contribution in [0.5, 0.6) is 0 Å². The van der Waals surface area contributed by atoms with Crippen molar-refractivity contribution in [2.75, 3.05) is 0 Å². The predicted molar refractivity (Wildman–Crippen MR) is 54.9 cm³/mol. The van der Waals surface area contributed by atoms with E-state index in [1.165, 1.54) is 16.7 Å². The molecule has 0 atom stereocenters. The van der Waals surface area contributed by atoms with Gasteiger partial charge in [-0.15, -0.1) is 0 Å². The molecule has 0 aliphatic heterocycles. The number of hydrogen-bond acceptors (Lipinski definition) is 1. The molecule has 1 heteroatoms. The van der Waals surface area contributed by atoms with Crippen LogP contribution in [0.2, 0.25) is 0 Å². The summed E-state index contributed by atoms with van der Waals surface area (Å²) in [7, 11) is 0. The fourth-order valence-electron chi connectivity index (χ4n) is 1.60. The molecule has 0 heterocycles. The maximum atomic E-state index is 11.0. The molecule has 0 unspecified atom stereocenters. The molecular weight excluding hydrogens is 160 g/mol. The fourth-order valence-corrected chi connectivity index (χ4v) is 1.60. The number of aryl methyl sites for hydroxylation is 2. The van der Waals surface area contributed by atoms with Crippen LogP contribution in [-0.4, -0.2) is 5.78 Å². The van der Waals surface area contributed by atoms with E-state index < -0.39 is 0 Å². The summed E-state index contributed by atoms with van der Waals surface area (Å²) < 4.78 is 0. The highest BCUT2D eigenvalue weighted by Gasteiger charge is 2.05. The lowest BCUT2D eigenvalue weighted by Gasteiger charge is -2.09. The minimum absolute atomic E-state index is 0.240. The van der Waals surface area contributed by atoms with Crippen molar-refractivity contribution in [2.24, 2.45) is 0 Å². The lowest BCUT2D eigenvalue weighted by molar-refractivity contribution is -0.116. The summed E-state index contributed by atoms with van der Waals surface area (Å²) in [5, 5.41) is 0. The van der Waals surface area contributed by atoms with Gasteiger partial charge in [-0.1, -0.05) is 25.1 Å². The van der Waals surface area contributed by atoms with Gasteiger partial charge in [-0.3, -0.25) is 4.79 Å². The third-order valence-corrected chi connectivity index (χ3v) is 2.31. The van der Waals surface area contributed by atoms with Crippen molar-refractivity contribution < 1.29 is 4.79 Å². The third-order valence-electron chi connectivity index (χ3n) is 2.31. The molecule has 0 spiro atoms. The maximum absolute atomic E-state index is 11.0. The molecular formula is C12H16O. The quantitative estimate of drug-likeness (QED) is 0.692. The van der Waals surface area contributed by atoms with E-state index in [0.29, 0.717) is 6.42 Å². The predicted octanol–water partition coefficient (Wildman–Crippen LogP) is 2.69. The number of carbonyl (C=O) groups is 1. The van der Waals surface area contributed by atoms with E-state index in [2.05, 4.69) is 32.0 Å². The van der Waals surface area contributed by atoms with Crippen LogP contribution in [0.4, 0.5) is 0 Å². The summed E-state index contributed by atoms with van der Waals surface area (Å²) >= 11 is 0. The highest BCUT2D eigenvalue weighted by molar-refractivity contribution is 5.79. The largest absolute Gasteiger partial charge is 0.300 e. The van der Waals surface area contributed by atoms with Gasteiger partial charge < -0.3 is 0 Å². The minimum atomic E-state index is 0.240. The number of benzene rings is 1. The molecule has 1 aromatic rings. The number of Topliss-reactive ketones (excluding diaryl/α,β-unsaturated/α-hetero) is 1. The molecule has 0 N–H and O–H groups in total. The lowest BCUT2D eigenvalue weighted by atomic mass is 9.96. The Hall–Kier alpha value is -1.11. The Morgan fingerprint density at radius 1 is 1.38 bits per heavy atom. The Labute approximate surface area is 79.8 Å². The molecule has 0 saturated carbocycles. The van der Waals surface area contributed by atoms with Crippen molar-refractivity contribution in [1.82, 2.24) is 0 Å². The van der Waals surface area contributed by atoms with Crippen LogP contribution in [0.15, 0.2) is 18.2 Å². The zero-order valence-electron chi connectivity index (χ0n) is 8.55. The first-order chi connectivity index (χ1) is 6.15. The third kappa shape index (κ3) is 2.41. The summed E-state index contributed by atoms with van der Waals surface area (Å²) in [5.74, 6) is 0.240. The summed E-state index contributed by atoms with van der Waals surface area (Å²) in [4.78, 5) is 11.0. The van der Waals surface area contributed by atoms with Crippen LogP contribution in [0.25, 0.3) is 0 Å². The van der Waals surface area contributed by atoms with Gasteiger partial charge in [-0.05, 0) is 37.0 Å². The molecule has 0 fully saturated rings. The number of ketones is 1. The molecule has 0 bridgehead atoms. The first kappa shape index (κ1) is 9.97. The Morgan fingerprint density at radius 3 is 2.62 bits per heavy atom. The molecule has 0 radical (unpaired) electrons. The Bertz CT molecular complexity index is 313. The van der Waals surface area contributed by atoms with Gasteiger partial charge in [0.15, 0.2) is 0 Å². The van der Waals surface area contributed by atoms with Crippen LogP contribution < -0.4 is 0 Å². The monoisotopic (exact) mass is 176 g/mol. The number of rotatable bonds is 3. The Kier molecular flexibility index (Phi) is 3.24. The van der Waals surface area contributed by atoms with Crippen molar-refractivity contribution in [2.45, 2.75) is 33.6 Å². The second-order valence-electron chi connectivity index (χ2n) is 3.44. The van der Waals surface area contributed by atoms with Crippen molar-refractivity contribution >= 4 is 5.78 Å². The molecule has 0 saturated heterocycles. The summed E-state index contributed by atoms with van der Waals surface area (Å²) in [6.07, 6.45) is 1.58. The second-order valence-corrected chi connectivity index (χ2v) is 3.44. The van der Waals surface area contributed by atoms with Crippen molar-refractivity contribution in [1.29, 1.82) is 0 Å². The van der Waals surface area contributed by atoms with Gasteiger partial charge >= 0.3 is 0 Å². The van der Waals surface area contributed by atoms with Crippen LogP contribution in [0.1, 0.15) is 30.5 Å². The van der Waals surface area contributed by atoms with E-state index in [1.807, 2.05) is 0 Å². The topological polar surface area (TPSA) is 17.1 Å². The van der Waals surface area contributed by atoms with Gasteiger partial charge in [-0.25, -0.2) is 0 Å². The molecule has 13 heavy (non-hydrogen) atoms. The van der Waals surface area contributed by atoms with E-state index in [0.717, 1.165) is 6.42 Å². The van der Waals surface area contributed by atoms with Gasteiger partial charge in [0.05, 0.1) is 0 Å². The van der Waals surface area contributed by atoms with Crippen LogP contribution in [0.3, 0.4) is 0 Å². The average molecular weight is 176 g/mol. The smallest absolute Gasteiger partial charge is 0.134 e. The zero-order valence-corrected chi connectivity index (χ0v) is 8.55. The van der Waals surface area contributed by atoms with Gasteiger partial charge in [0.2, 0.25) is 0 Å². The number of carbonyl (C=O) groups excluding carboxylic acids is 1. The fraction of sp³-hybridized carbons (Fsp3) is 0.417. The molecule has 0 aromatic heterocycles. The summed E-state index contributed by atoms with van der Waals surface area (Å²) in [6.45, 7) is 5.84. The highest BCUT2D eigenvalue weighted by atomic mass is 16.1. The van der Waals surface area contributed by atoms with E-state index >= 15 is 0 Å². The number of hydrogen-bond donors (Lipinski definition) is 0. The molecule has 70 valence electrons. The summed E-state index contributed by atoms with van der Waals surface area (Å²) in [5.41, 5.74) is 3.75. The van der Waals surface area contributed by atoms with Crippen molar-refractivity contribution in [3.05, 3.63) is 34.9 Å². The summed E-state index contributed by atoms with van der Waals surface area (Å²) in [6, 6.07) is 6.22. The lowest BCUT2D eigenvalue weighted by Crippen LogP contribution is -2.02. The minimum Gasteiger partial charge on any atom is -0.300 e. The van der Waals surface area contributed by atoms with E-state index in [9.17, 15) is 4.79 Å². The first-order valence-corrected chi connectivity index (χ1v) is 4.72. The molecule has 0 amide bonds. The first-order valence-electron chi connectivity index (χ1n) is 4.72. The van der Waals surface area contributed by atoms with Gasteiger partial charge in [0.25, 0.3) is 0 Å².